The molecule has 0 spiro atoms. The first-order valence-electron chi connectivity index (χ1n) is 3.15. The monoisotopic (exact) mass is 234 g/mol. The van der Waals surface area contributed by atoms with Crippen LogP contribution in [0.25, 0.3) is 0 Å². The van der Waals surface area contributed by atoms with E-state index in [0.29, 0.717) is 10.2 Å². The molecule has 0 aliphatic rings. The molecule has 0 saturated heterocycles. The number of ether oxygens (including phenoxy) is 1. The Morgan fingerprint density at radius 2 is 2.08 bits per heavy atom. The standard InChI is InChI=1S/C6H7BrN2O3/c1-12-2-3-4(7)5(10)9-6(11)8-3/h2H2,1H3,(H2,8,9,10,11). The Bertz CT molecular complexity index is 381. The number of aromatic nitrogens is 2. The van der Waals surface area contributed by atoms with Crippen molar-refractivity contribution >= 4 is 15.9 Å². The minimum atomic E-state index is -0.532. The van der Waals surface area contributed by atoms with E-state index in [2.05, 4.69) is 25.9 Å². The number of hydrogen-bond donors (Lipinski definition) is 2. The Balaban J connectivity index is 3.28. The van der Waals surface area contributed by atoms with Gasteiger partial charge in [-0.05, 0) is 15.9 Å². The van der Waals surface area contributed by atoms with Gasteiger partial charge in [-0.25, -0.2) is 4.79 Å². The van der Waals surface area contributed by atoms with Gasteiger partial charge >= 0.3 is 5.69 Å². The summed E-state index contributed by atoms with van der Waals surface area (Å²) in [6, 6.07) is 0. The minimum absolute atomic E-state index is 0.194. The van der Waals surface area contributed by atoms with Crippen LogP contribution in [-0.2, 0) is 11.3 Å². The summed E-state index contributed by atoms with van der Waals surface area (Å²) in [6.45, 7) is 0.194. The molecule has 0 aliphatic carbocycles. The molecule has 1 heterocycles. The molecule has 0 bridgehead atoms. The van der Waals surface area contributed by atoms with Crippen LogP contribution in [0.3, 0.4) is 0 Å². The van der Waals surface area contributed by atoms with Gasteiger partial charge < -0.3 is 9.72 Å². The lowest BCUT2D eigenvalue weighted by molar-refractivity contribution is 0.180. The van der Waals surface area contributed by atoms with E-state index in [4.69, 9.17) is 4.74 Å². The second-order valence-corrected chi connectivity index (χ2v) is 2.93. The van der Waals surface area contributed by atoms with Gasteiger partial charge in [-0.1, -0.05) is 0 Å². The largest absolute Gasteiger partial charge is 0.378 e. The van der Waals surface area contributed by atoms with E-state index in [1.165, 1.54) is 7.11 Å². The van der Waals surface area contributed by atoms with Gasteiger partial charge in [0.05, 0.1) is 12.3 Å². The average Bonchev–Trinajstić information content (AvgIpc) is 2.00. The third-order valence-corrected chi connectivity index (χ3v) is 2.08. The molecule has 5 nitrogen and oxygen atoms in total. The van der Waals surface area contributed by atoms with Crippen LogP contribution >= 0.6 is 15.9 Å². The third-order valence-electron chi connectivity index (χ3n) is 1.24. The van der Waals surface area contributed by atoms with Crippen molar-refractivity contribution in [1.82, 2.24) is 9.97 Å². The molecular weight excluding hydrogens is 228 g/mol. The van der Waals surface area contributed by atoms with Crippen LogP contribution in [0.4, 0.5) is 0 Å². The van der Waals surface area contributed by atoms with Gasteiger partial charge in [0.1, 0.15) is 4.47 Å². The second-order valence-electron chi connectivity index (χ2n) is 2.13. The van der Waals surface area contributed by atoms with E-state index in [-0.39, 0.29) is 6.61 Å². The highest BCUT2D eigenvalue weighted by Gasteiger charge is 2.04. The van der Waals surface area contributed by atoms with E-state index in [1.54, 1.807) is 0 Å². The second kappa shape index (κ2) is 3.68. The molecular formula is C6H7BrN2O3. The molecule has 0 radical (unpaired) electrons. The molecule has 0 saturated carbocycles. The number of methoxy groups -OCH3 is 1. The number of hydrogen-bond acceptors (Lipinski definition) is 3. The van der Waals surface area contributed by atoms with Crippen molar-refractivity contribution in [2.75, 3.05) is 7.11 Å². The van der Waals surface area contributed by atoms with E-state index >= 15 is 0 Å². The Morgan fingerprint density at radius 3 is 2.67 bits per heavy atom. The number of H-pyrrole nitrogens is 2. The molecule has 0 atom stereocenters. The zero-order valence-corrected chi connectivity index (χ0v) is 7.90. The predicted octanol–water partition coefficient (Wildman–Crippen LogP) is -0.0279. The highest BCUT2D eigenvalue weighted by Crippen LogP contribution is 2.06. The number of aromatic amines is 2. The van der Waals surface area contributed by atoms with Gasteiger partial charge in [-0.15, -0.1) is 0 Å². The maximum Gasteiger partial charge on any atom is 0.326 e. The van der Waals surface area contributed by atoms with Crippen molar-refractivity contribution in [3.63, 3.8) is 0 Å². The minimum Gasteiger partial charge on any atom is -0.378 e. The fourth-order valence-electron chi connectivity index (χ4n) is 0.762. The first-order chi connectivity index (χ1) is 5.65. The molecule has 1 rings (SSSR count). The summed E-state index contributed by atoms with van der Waals surface area (Å²) in [5.74, 6) is 0. The molecule has 1 aromatic rings. The molecule has 6 heteroatoms. The van der Waals surface area contributed by atoms with Gasteiger partial charge in [0.2, 0.25) is 0 Å². The van der Waals surface area contributed by atoms with Crippen LogP contribution in [0.2, 0.25) is 0 Å². The van der Waals surface area contributed by atoms with Gasteiger partial charge in [0.25, 0.3) is 5.56 Å². The van der Waals surface area contributed by atoms with Crippen LogP contribution in [0.5, 0.6) is 0 Å². The molecule has 1 aromatic heterocycles. The smallest absolute Gasteiger partial charge is 0.326 e. The fraction of sp³-hybridized carbons (Fsp3) is 0.333. The van der Waals surface area contributed by atoms with Gasteiger partial charge in [-0.3, -0.25) is 9.78 Å². The Labute approximate surface area is 75.9 Å². The van der Waals surface area contributed by atoms with Crippen LogP contribution in [-0.4, -0.2) is 17.1 Å². The normalized spacial score (nSPS) is 10.2. The summed E-state index contributed by atoms with van der Waals surface area (Å²) >= 11 is 3.02. The molecule has 0 aromatic carbocycles. The lowest BCUT2D eigenvalue weighted by Crippen LogP contribution is -2.25. The number of halogens is 1. The Kier molecular flexibility index (Phi) is 2.83. The molecule has 0 unspecified atom stereocenters. The van der Waals surface area contributed by atoms with Gasteiger partial charge in [-0.2, -0.15) is 0 Å². The molecule has 66 valence electrons. The molecule has 0 aliphatic heterocycles. The van der Waals surface area contributed by atoms with E-state index in [0.717, 1.165) is 0 Å². The highest BCUT2D eigenvalue weighted by atomic mass is 79.9. The SMILES string of the molecule is COCc1[nH]c(=O)[nH]c(=O)c1Br. The van der Waals surface area contributed by atoms with Crippen LogP contribution in [0.15, 0.2) is 14.1 Å². The molecule has 2 N–H and O–H groups in total. The van der Waals surface area contributed by atoms with E-state index in [1.807, 2.05) is 0 Å². The van der Waals surface area contributed by atoms with Crippen molar-refractivity contribution < 1.29 is 4.74 Å². The zero-order valence-electron chi connectivity index (χ0n) is 6.31. The number of rotatable bonds is 2. The van der Waals surface area contributed by atoms with Gasteiger partial charge in [0, 0.05) is 7.11 Å². The predicted molar refractivity (Wildman–Crippen MR) is 46.1 cm³/mol. The quantitative estimate of drug-likeness (QED) is 0.755. The van der Waals surface area contributed by atoms with Crippen LogP contribution in [0, 0.1) is 0 Å². The van der Waals surface area contributed by atoms with Gasteiger partial charge in [0.15, 0.2) is 0 Å². The first kappa shape index (κ1) is 9.21. The lowest BCUT2D eigenvalue weighted by atomic mass is 10.4. The summed E-state index contributed by atoms with van der Waals surface area (Å²) in [7, 11) is 1.48. The van der Waals surface area contributed by atoms with Crippen molar-refractivity contribution in [2.24, 2.45) is 0 Å². The Morgan fingerprint density at radius 1 is 1.42 bits per heavy atom. The van der Waals surface area contributed by atoms with Crippen LogP contribution in [0.1, 0.15) is 5.69 Å². The van der Waals surface area contributed by atoms with Crippen molar-refractivity contribution in [1.29, 1.82) is 0 Å². The first-order valence-corrected chi connectivity index (χ1v) is 3.94. The summed E-state index contributed by atoms with van der Waals surface area (Å²) in [6.07, 6.45) is 0. The molecule has 0 amide bonds. The fourth-order valence-corrected chi connectivity index (χ4v) is 1.07. The average molecular weight is 235 g/mol. The summed E-state index contributed by atoms with van der Waals surface area (Å²) in [4.78, 5) is 26.2. The molecule has 0 fully saturated rings. The summed E-state index contributed by atoms with van der Waals surface area (Å²) < 4.78 is 5.06. The maximum absolute atomic E-state index is 11.0. The van der Waals surface area contributed by atoms with Crippen LogP contribution < -0.4 is 11.2 Å². The lowest BCUT2D eigenvalue weighted by Gasteiger charge is -1.99. The number of nitrogens with one attached hydrogen (secondary N) is 2. The van der Waals surface area contributed by atoms with Crippen molar-refractivity contribution in [3.05, 3.63) is 31.0 Å². The molecule has 12 heavy (non-hydrogen) atoms. The summed E-state index contributed by atoms with van der Waals surface area (Å²) in [5, 5.41) is 0. The maximum atomic E-state index is 11.0. The third kappa shape index (κ3) is 1.83. The van der Waals surface area contributed by atoms with Crippen molar-refractivity contribution in [2.45, 2.75) is 6.61 Å². The topological polar surface area (TPSA) is 75.0 Å². The Hall–Kier alpha value is -0.880. The zero-order chi connectivity index (χ0) is 9.14. The van der Waals surface area contributed by atoms with Crippen molar-refractivity contribution in [3.8, 4) is 0 Å². The van der Waals surface area contributed by atoms with E-state index in [9.17, 15) is 9.59 Å². The van der Waals surface area contributed by atoms with E-state index < -0.39 is 11.2 Å². The highest BCUT2D eigenvalue weighted by molar-refractivity contribution is 9.10. The summed E-state index contributed by atoms with van der Waals surface area (Å²) in [5.41, 5.74) is -0.549.